The molecule has 1 rings (SSSR count). The molecule has 15 heavy (non-hydrogen) atoms. The molecule has 0 radical (unpaired) electrons. The van der Waals surface area contributed by atoms with Gasteiger partial charge in [-0.25, -0.2) is 0 Å². The Kier molecular flexibility index (Phi) is 5.62. The molecule has 1 saturated heterocycles. The highest BCUT2D eigenvalue weighted by Gasteiger charge is 2.36. The van der Waals surface area contributed by atoms with Gasteiger partial charge in [-0.3, -0.25) is 0 Å². The SMILES string of the molecule is CCCC(C)CCOCC1(CC)COC1. The Morgan fingerprint density at radius 2 is 2.00 bits per heavy atom. The van der Waals surface area contributed by atoms with E-state index < -0.39 is 0 Å². The van der Waals surface area contributed by atoms with E-state index in [1.165, 1.54) is 25.7 Å². The van der Waals surface area contributed by atoms with E-state index in [0.29, 0.717) is 5.41 Å². The van der Waals surface area contributed by atoms with Crippen LogP contribution >= 0.6 is 0 Å². The lowest BCUT2D eigenvalue weighted by molar-refractivity contribution is -0.150. The summed E-state index contributed by atoms with van der Waals surface area (Å²) in [6.07, 6.45) is 4.99. The van der Waals surface area contributed by atoms with E-state index in [0.717, 1.165) is 32.3 Å². The number of rotatable bonds is 8. The van der Waals surface area contributed by atoms with Crippen molar-refractivity contribution in [2.45, 2.75) is 46.5 Å². The second-order valence-corrected chi connectivity index (χ2v) is 5.08. The van der Waals surface area contributed by atoms with Crippen molar-refractivity contribution in [3.63, 3.8) is 0 Å². The molecule has 0 amide bonds. The van der Waals surface area contributed by atoms with Gasteiger partial charge in [0.15, 0.2) is 0 Å². The first kappa shape index (κ1) is 13.0. The highest BCUT2D eigenvalue weighted by Crippen LogP contribution is 2.31. The first-order valence-electron chi connectivity index (χ1n) is 6.38. The Morgan fingerprint density at radius 3 is 2.47 bits per heavy atom. The van der Waals surface area contributed by atoms with Gasteiger partial charge in [-0.2, -0.15) is 0 Å². The monoisotopic (exact) mass is 214 g/mol. The third-order valence-electron chi connectivity index (χ3n) is 3.51. The molecule has 0 saturated carbocycles. The zero-order chi connectivity index (χ0) is 11.1. The van der Waals surface area contributed by atoms with Gasteiger partial charge in [-0.15, -0.1) is 0 Å². The maximum Gasteiger partial charge on any atom is 0.0566 e. The molecule has 1 fully saturated rings. The minimum atomic E-state index is 0.355. The van der Waals surface area contributed by atoms with Crippen LogP contribution in [-0.2, 0) is 9.47 Å². The lowest BCUT2D eigenvalue weighted by Crippen LogP contribution is -2.45. The zero-order valence-corrected chi connectivity index (χ0v) is 10.6. The predicted octanol–water partition coefficient (Wildman–Crippen LogP) is 3.26. The molecule has 2 heteroatoms. The molecule has 1 aliphatic heterocycles. The van der Waals surface area contributed by atoms with Gasteiger partial charge in [0, 0.05) is 12.0 Å². The van der Waals surface area contributed by atoms with Crippen molar-refractivity contribution in [2.75, 3.05) is 26.4 Å². The molecule has 0 aromatic rings. The minimum absolute atomic E-state index is 0.355. The van der Waals surface area contributed by atoms with Gasteiger partial charge in [0.25, 0.3) is 0 Å². The van der Waals surface area contributed by atoms with E-state index in [4.69, 9.17) is 9.47 Å². The quantitative estimate of drug-likeness (QED) is 0.577. The molecule has 0 aromatic heterocycles. The Bertz CT molecular complexity index is 158. The molecular formula is C13H26O2. The molecule has 90 valence electrons. The summed E-state index contributed by atoms with van der Waals surface area (Å²) in [6.45, 7) is 10.4. The summed E-state index contributed by atoms with van der Waals surface area (Å²) in [4.78, 5) is 0. The van der Waals surface area contributed by atoms with Gasteiger partial charge in [0.2, 0.25) is 0 Å². The van der Waals surface area contributed by atoms with Crippen LogP contribution in [-0.4, -0.2) is 26.4 Å². The molecule has 0 bridgehead atoms. The molecule has 0 spiro atoms. The summed E-state index contributed by atoms with van der Waals surface area (Å²) in [5, 5.41) is 0. The van der Waals surface area contributed by atoms with E-state index in [2.05, 4.69) is 20.8 Å². The highest BCUT2D eigenvalue weighted by atomic mass is 16.5. The molecule has 2 nitrogen and oxygen atoms in total. The second kappa shape index (κ2) is 6.49. The Morgan fingerprint density at radius 1 is 1.27 bits per heavy atom. The van der Waals surface area contributed by atoms with E-state index in [9.17, 15) is 0 Å². The van der Waals surface area contributed by atoms with Gasteiger partial charge in [0.05, 0.1) is 19.8 Å². The van der Waals surface area contributed by atoms with Crippen LogP contribution in [0.5, 0.6) is 0 Å². The van der Waals surface area contributed by atoms with Crippen LogP contribution in [0.1, 0.15) is 46.5 Å². The first-order chi connectivity index (χ1) is 7.22. The number of ether oxygens (including phenoxy) is 2. The van der Waals surface area contributed by atoms with Crippen molar-refractivity contribution < 1.29 is 9.47 Å². The van der Waals surface area contributed by atoms with Crippen LogP contribution in [0, 0.1) is 11.3 Å². The van der Waals surface area contributed by atoms with Gasteiger partial charge in [-0.05, 0) is 18.8 Å². The van der Waals surface area contributed by atoms with Crippen molar-refractivity contribution >= 4 is 0 Å². The molecule has 0 aliphatic carbocycles. The lowest BCUT2D eigenvalue weighted by Gasteiger charge is -2.40. The average Bonchev–Trinajstić information content (AvgIpc) is 2.16. The molecule has 1 atom stereocenters. The molecule has 1 heterocycles. The largest absolute Gasteiger partial charge is 0.381 e. The number of hydrogen-bond donors (Lipinski definition) is 0. The van der Waals surface area contributed by atoms with Crippen molar-refractivity contribution in [3.05, 3.63) is 0 Å². The van der Waals surface area contributed by atoms with Gasteiger partial charge in [0.1, 0.15) is 0 Å². The topological polar surface area (TPSA) is 18.5 Å². The van der Waals surface area contributed by atoms with Gasteiger partial charge in [-0.1, -0.05) is 33.6 Å². The van der Waals surface area contributed by atoms with Crippen molar-refractivity contribution in [1.29, 1.82) is 0 Å². The van der Waals surface area contributed by atoms with Crippen LogP contribution in [0.4, 0.5) is 0 Å². The summed E-state index contributed by atoms with van der Waals surface area (Å²) >= 11 is 0. The average molecular weight is 214 g/mol. The molecular weight excluding hydrogens is 188 g/mol. The van der Waals surface area contributed by atoms with Crippen LogP contribution in [0.15, 0.2) is 0 Å². The zero-order valence-electron chi connectivity index (χ0n) is 10.6. The summed E-state index contributed by atoms with van der Waals surface area (Å²) in [5.41, 5.74) is 0.355. The maximum atomic E-state index is 5.77. The maximum absolute atomic E-state index is 5.77. The summed E-state index contributed by atoms with van der Waals surface area (Å²) in [5.74, 6) is 0.810. The van der Waals surface area contributed by atoms with E-state index in [1.807, 2.05) is 0 Å². The lowest BCUT2D eigenvalue weighted by atomic mass is 9.84. The van der Waals surface area contributed by atoms with E-state index >= 15 is 0 Å². The third kappa shape index (κ3) is 4.12. The molecule has 1 unspecified atom stereocenters. The van der Waals surface area contributed by atoms with Crippen LogP contribution in [0.3, 0.4) is 0 Å². The molecule has 1 aliphatic rings. The van der Waals surface area contributed by atoms with E-state index in [1.54, 1.807) is 0 Å². The van der Waals surface area contributed by atoms with Crippen LogP contribution < -0.4 is 0 Å². The van der Waals surface area contributed by atoms with Crippen LogP contribution in [0.25, 0.3) is 0 Å². The summed E-state index contributed by atoms with van der Waals surface area (Å²) < 4.78 is 11.0. The van der Waals surface area contributed by atoms with Gasteiger partial charge < -0.3 is 9.47 Å². The summed E-state index contributed by atoms with van der Waals surface area (Å²) in [7, 11) is 0. The Balaban J connectivity index is 2.01. The van der Waals surface area contributed by atoms with Crippen LogP contribution in [0.2, 0.25) is 0 Å². The number of hydrogen-bond acceptors (Lipinski definition) is 2. The second-order valence-electron chi connectivity index (χ2n) is 5.08. The first-order valence-corrected chi connectivity index (χ1v) is 6.38. The fraction of sp³-hybridized carbons (Fsp3) is 1.00. The Labute approximate surface area is 94.3 Å². The van der Waals surface area contributed by atoms with Crippen molar-refractivity contribution in [1.82, 2.24) is 0 Å². The minimum Gasteiger partial charge on any atom is -0.381 e. The fourth-order valence-corrected chi connectivity index (χ4v) is 1.99. The van der Waals surface area contributed by atoms with E-state index in [-0.39, 0.29) is 0 Å². The molecule has 0 N–H and O–H groups in total. The predicted molar refractivity (Wildman–Crippen MR) is 63.1 cm³/mol. The standard InChI is InChI=1S/C13H26O2/c1-4-6-12(3)7-8-14-9-13(5-2)10-15-11-13/h12H,4-11H2,1-3H3. The smallest absolute Gasteiger partial charge is 0.0566 e. The van der Waals surface area contributed by atoms with Crippen molar-refractivity contribution in [2.24, 2.45) is 11.3 Å². The molecule has 0 aromatic carbocycles. The normalized spacial score (nSPS) is 21.0. The van der Waals surface area contributed by atoms with Crippen molar-refractivity contribution in [3.8, 4) is 0 Å². The Hall–Kier alpha value is -0.0800. The highest BCUT2D eigenvalue weighted by molar-refractivity contribution is 4.83. The third-order valence-corrected chi connectivity index (χ3v) is 3.51. The fourth-order valence-electron chi connectivity index (χ4n) is 1.99. The summed E-state index contributed by atoms with van der Waals surface area (Å²) in [6, 6.07) is 0. The van der Waals surface area contributed by atoms with Gasteiger partial charge >= 0.3 is 0 Å².